The van der Waals surface area contributed by atoms with E-state index in [1.807, 2.05) is 0 Å². The lowest BCUT2D eigenvalue weighted by Gasteiger charge is -2.53. The van der Waals surface area contributed by atoms with Crippen molar-refractivity contribution in [1.82, 2.24) is 15.2 Å². The first-order valence-corrected chi connectivity index (χ1v) is 11.7. The van der Waals surface area contributed by atoms with Crippen LogP contribution < -0.4 is 11.1 Å². The molecule has 2 fully saturated rings. The molecule has 1 unspecified atom stereocenters. The minimum atomic E-state index is -1.66. The van der Waals surface area contributed by atoms with Gasteiger partial charge in [0.05, 0.1) is 13.5 Å². The van der Waals surface area contributed by atoms with Crippen LogP contribution in [0.5, 0.6) is 0 Å². The number of aliphatic carboxylic acids is 1. The molecule has 3 rings (SSSR count). The zero-order chi connectivity index (χ0) is 24.3. The molecule has 33 heavy (non-hydrogen) atoms. The topological polar surface area (TPSA) is 191 Å². The quantitative estimate of drug-likeness (QED) is 0.127. The first-order chi connectivity index (χ1) is 15.7. The van der Waals surface area contributed by atoms with E-state index < -0.39 is 57.9 Å². The van der Waals surface area contributed by atoms with Crippen LogP contribution >= 0.6 is 11.3 Å². The number of amides is 2. The number of esters is 1. The number of hydrogen-bond acceptors (Lipinski definition) is 11. The molecule has 2 aliphatic rings. The van der Waals surface area contributed by atoms with E-state index in [2.05, 4.69) is 15.5 Å². The summed E-state index contributed by atoms with van der Waals surface area (Å²) in [6.45, 7) is 0. The number of nitrogen functional groups attached to an aromatic ring is 1. The molecule has 0 bridgehead atoms. The van der Waals surface area contributed by atoms with Crippen LogP contribution in [0.15, 0.2) is 22.7 Å². The molecule has 15 heteroatoms. The van der Waals surface area contributed by atoms with E-state index in [9.17, 15) is 23.4 Å². The summed E-state index contributed by atoms with van der Waals surface area (Å²) in [5.41, 5.74) is 5.51. The average molecular weight is 500 g/mol. The van der Waals surface area contributed by atoms with Gasteiger partial charge in [-0.2, -0.15) is 0 Å². The Kier molecular flexibility index (Phi) is 7.43. The SMILES string of the molecule is CO/N=C(\C(=O)N[C@@H]1C(=O)N2[C@H](C(=O)OC)[C@@H](/C=C/CC(=O)O)CS(=O)[C@H]12)c1csc(N)n1. The largest absolute Gasteiger partial charge is 0.481 e. The molecule has 0 saturated carbocycles. The molecule has 178 valence electrons. The fourth-order valence-corrected chi connectivity index (χ4v) is 5.99. The zero-order valence-electron chi connectivity index (χ0n) is 17.5. The molecule has 2 saturated heterocycles. The van der Waals surface area contributed by atoms with Crippen molar-refractivity contribution in [1.29, 1.82) is 0 Å². The fourth-order valence-electron chi connectivity index (χ4n) is 3.59. The third-order valence-electron chi connectivity index (χ3n) is 4.98. The number of β-lactam (4-membered cyclic amide) rings is 1. The predicted octanol–water partition coefficient (Wildman–Crippen LogP) is -1.32. The summed E-state index contributed by atoms with van der Waals surface area (Å²) in [6, 6.07) is -2.28. The van der Waals surface area contributed by atoms with Crippen LogP contribution in [0.25, 0.3) is 0 Å². The maximum atomic E-state index is 12.9. The van der Waals surface area contributed by atoms with Crippen LogP contribution in [0.3, 0.4) is 0 Å². The minimum Gasteiger partial charge on any atom is -0.481 e. The Morgan fingerprint density at radius 2 is 2.18 bits per heavy atom. The maximum Gasteiger partial charge on any atom is 0.329 e. The fraction of sp³-hybridized carbons (Fsp3) is 0.444. The van der Waals surface area contributed by atoms with Gasteiger partial charge in [-0.1, -0.05) is 17.3 Å². The Morgan fingerprint density at radius 1 is 1.45 bits per heavy atom. The van der Waals surface area contributed by atoms with Crippen molar-refractivity contribution in [2.75, 3.05) is 25.7 Å². The van der Waals surface area contributed by atoms with Crippen molar-refractivity contribution in [3.63, 3.8) is 0 Å². The van der Waals surface area contributed by atoms with E-state index in [1.54, 1.807) is 0 Å². The second kappa shape index (κ2) is 10.1. The van der Waals surface area contributed by atoms with Gasteiger partial charge in [0.2, 0.25) is 5.91 Å². The van der Waals surface area contributed by atoms with Crippen molar-refractivity contribution < 1.29 is 38.1 Å². The van der Waals surface area contributed by atoms with E-state index in [-0.39, 0.29) is 28.7 Å². The van der Waals surface area contributed by atoms with Crippen molar-refractivity contribution in [2.45, 2.75) is 23.9 Å². The number of rotatable bonds is 8. The van der Waals surface area contributed by atoms with E-state index in [0.717, 1.165) is 23.3 Å². The lowest BCUT2D eigenvalue weighted by Crippen LogP contribution is -2.79. The number of hydrogen-bond donors (Lipinski definition) is 3. The monoisotopic (exact) mass is 499 g/mol. The Hall–Kier alpha value is -3.33. The Bertz CT molecular complexity index is 1050. The molecule has 0 aliphatic carbocycles. The molecule has 0 radical (unpaired) electrons. The third kappa shape index (κ3) is 4.88. The molecule has 2 aliphatic heterocycles. The molecule has 5 atom stereocenters. The second-order valence-corrected chi connectivity index (χ2v) is 9.45. The Morgan fingerprint density at radius 3 is 2.76 bits per heavy atom. The van der Waals surface area contributed by atoms with Crippen molar-refractivity contribution >= 4 is 56.7 Å². The van der Waals surface area contributed by atoms with Gasteiger partial charge in [-0.05, 0) is 0 Å². The van der Waals surface area contributed by atoms with E-state index in [1.165, 1.54) is 24.6 Å². The third-order valence-corrected chi connectivity index (χ3v) is 7.40. The van der Waals surface area contributed by atoms with Gasteiger partial charge in [-0.3, -0.25) is 18.6 Å². The molecular weight excluding hydrogens is 478 g/mol. The molecule has 13 nitrogen and oxygen atoms in total. The molecule has 0 aromatic carbocycles. The standard InChI is InChI=1S/C18H21N5O8S2/c1-30-17(28)13-8(4-3-5-10(24)25)7-33(29)16-12(15(27)23(13)16)21-14(26)11(22-31-2)9-6-32-18(19)20-9/h3-4,6,8,12-13,16H,5,7H2,1-2H3,(H2,19,20)(H,21,26)(H,24,25)/b4-3+,22-11-/t8-,12+,13-,16+,33?/m0/s1. The van der Waals surface area contributed by atoms with Crippen LogP contribution in [0.1, 0.15) is 12.1 Å². The number of thiazole rings is 1. The summed E-state index contributed by atoms with van der Waals surface area (Å²) >= 11 is 1.08. The summed E-state index contributed by atoms with van der Waals surface area (Å²) < 4.78 is 17.7. The highest BCUT2D eigenvalue weighted by Gasteiger charge is 2.60. The predicted molar refractivity (Wildman–Crippen MR) is 116 cm³/mol. The number of carbonyl (C=O) groups excluding carboxylic acids is 3. The van der Waals surface area contributed by atoms with Gasteiger partial charge >= 0.3 is 11.9 Å². The molecule has 2 amide bonds. The molecule has 0 spiro atoms. The highest BCUT2D eigenvalue weighted by Crippen LogP contribution is 2.36. The smallest absolute Gasteiger partial charge is 0.329 e. The Labute approximate surface area is 194 Å². The molecule has 1 aromatic rings. The number of methoxy groups -OCH3 is 1. The highest BCUT2D eigenvalue weighted by molar-refractivity contribution is 7.85. The number of fused-ring (bicyclic) bond motifs is 1. The van der Waals surface area contributed by atoms with Crippen molar-refractivity contribution in [3.8, 4) is 0 Å². The number of carbonyl (C=O) groups is 4. The van der Waals surface area contributed by atoms with Gasteiger partial charge in [-0.25, -0.2) is 9.78 Å². The highest BCUT2D eigenvalue weighted by atomic mass is 32.2. The summed E-state index contributed by atoms with van der Waals surface area (Å²) in [5, 5.41) is 15.7. The lowest BCUT2D eigenvalue weighted by atomic mass is 9.92. The summed E-state index contributed by atoms with van der Waals surface area (Å²) in [4.78, 5) is 58.7. The first-order valence-electron chi connectivity index (χ1n) is 9.48. The van der Waals surface area contributed by atoms with Crippen LogP contribution in [0.2, 0.25) is 0 Å². The van der Waals surface area contributed by atoms with Gasteiger partial charge in [0, 0.05) is 27.9 Å². The maximum absolute atomic E-state index is 12.9. The van der Waals surface area contributed by atoms with E-state index >= 15 is 0 Å². The van der Waals surface area contributed by atoms with Gasteiger partial charge in [-0.15, -0.1) is 11.3 Å². The van der Waals surface area contributed by atoms with Gasteiger partial charge < -0.3 is 30.6 Å². The van der Waals surface area contributed by atoms with Gasteiger partial charge in [0.15, 0.2) is 10.8 Å². The number of nitrogens with one attached hydrogen (secondary N) is 1. The summed E-state index contributed by atoms with van der Waals surface area (Å²) in [6.07, 6.45) is 2.48. The summed E-state index contributed by atoms with van der Waals surface area (Å²) in [5.74, 6) is -3.98. The number of ether oxygens (including phenoxy) is 1. The number of carboxylic acid groups (broad SMARTS) is 1. The van der Waals surface area contributed by atoms with Gasteiger partial charge in [0.1, 0.15) is 30.3 Å². The number of anilines is 1. The number of nitrogens with two attached hydrogens (primary N) is 1. The molecule has 1 aromatic heterocycles. The number of nitrogens with zero attached hydrogens (tertiary/aromatic N) is 3. The van der Waals surface area contributed by atoms with Crippen LogP contribution in [0, 0.1) is 5.92 Å². The number of carboxylic acids is 1. The summed E-state index contributed by atoms with van der Waals surface area (Å²) in [7, 11) is 0.724. The number of oxime groups is 1. The average Bonchev–Trinajstić information content (AvgIpc) is 3.20. The van der Waals surface area contributed by atoms with Gasteiger partial charge in [0.25, 0.3) is 5.91 Å². The van der Waals surface area contributed by atoms with E-state index in [4.69, 9.17) is 20.4 Å². The van der Waals surface area contributed by atoms with Crippen LogP contribution in [-0.4, -0.2) is 86.1 Å². The lowest BCUT2D eigenvalue weighted by molar-refractivity contribution is -0.166. The Balaban J connectivity index is 1.81. The first kappa shape index (κ1) is 24.3. The second-order valence-electron chi connectivity index (χ2n) is 6.99. The number of aromatic nitrogens is 1. The van der Waals surface area contributed by atoms with E-state index in [0.29, 0.717) is 0 Å². The molecular formula is C18H21N5O8S2. The minimum absolute atomic E-state index is 0.0294. The van der Waals surface area contributed by atoms with Crippen LogP contribution in [-0.2, 0) is 39.6 Å². The normalized spacial score (nSPS) is 27.0. The van der Waals surface area contributed by atoms with Crippen molar-refractivity contribution in [2.24, 2.45) is 11.1 Å². The van der Waals surface area contributed by atoms with Crippen molar-refractivity contribution in [3.05, 3.63) is 23.2 Å². The zero-order valence-corrected chi connectivity index (χ0v) is 19.1. The molecule has 3 heterocycles. The van der Waals surface area contributed by atoms with Crippen LogP contribution in [0.4, 0.5) is 5.13 Å². The molecule has 4 N–H and O–H groups in total.